The third-order valence-corrected chi connectivity index (χ3v) is 1.79. The molecular formula is C10H20O3. The molecule has 0 heterocycles. The highest BCUT2D eigenvalue weighted by molar-refractivity contribution is 5.68. The molecule has 0 aromatic carbocycles. The first-order valence-electron chi connectivity index (χ1n) is 4.95. The lowest BCUT2D eigenvalue weighted by molar-refractivity contribution is -0.143. The second-order valence-electron chi connectivity index (χ2n) is 2.98. The largest absolute Gasteiger partial charge is 0.466 e. The number of unbranched alkanes of at least 4 members (excludes halogenated alkanes) is 3. The number of carbonyl (C=O) groups excluding carboxylic acids is 1. The number of carbonyl (C=O) groups is 1. The number of methoxy groups -OCH3 is 1. The quantitative estimate of drug-likeness (QED) is 0.432. The van der Waals surface area contributed by atoms with Gasteiger partial charge in [-0.3, -0.25) is 4.79 Å². The van der Waals surface area contributed by atoms with E-state index in [1.165, 1.54) is 0 Å². The second-order valence-corrected chi connectivity index (χ2v) is 2.98. The first-order chi connectivity index (χ1) is 6.31. The van der Waals surface area contributed by atoms with Gasteiger partial charge in [-0.1, -0.05) is 13.3 Å². The van der Waals surface area contributed by atoms with E-state index in [0.717, 1.165) is 32.3 Å². The topological polar surface area (TPSA) is 35.5 Å². The molecule has 0 spiro atoms. The average Bonchev–Trinajstić information content (AvgIpc) is 2.16. The Bertz CT molecular complexity index is 123. The number of rotatable bonds is 8. The third-order valence-electron chi connectivity index (χ3n) is 1.79. The number of esters is 1. The minimum Gasteiger partial charge on any atom is -0.466 e. The van der Waals surface area contributed by atoms with Crippen molar-refractivity contribution in [3.63, 3.8) is 0 Å². The van der Waals surface area contributed by atoms with E-state index in [9.17, 15) is 4.79 Å². The normalized spacial score (nSPS) is 10.0. The van der Waals surface area contributed by atoms with E-state index in [4.69, 9.17) is 9.47 Å². The lowest BCUT2D eigenvalue weighted by Gasteiger charge is -2.02. The lowest BCUT2D eigenvalue weighted by Crippen LogP contribution is -2.03. The first kappa shape index (κ1) is 12.4. The van der Waals surface area contributed by atoms with Crippen molar-refractivity contribution in [3.05, 3.63) is 0 Å². The van der Waals surface area contributed by atoms with E-state index in [1.54, 1.807) is 14.0 Å². The highest BCUT2D eigenvalue weighted by Crippen LogP contribution is 2.00. The fourth-order valence-electron chi connectivity index (χ4n) is 0.990. The Kier molecular flexibility index (Phi) is 9.10. The molecule has 78 valence electrons. The first-order valence-corrected chi connectivity index (χ1v) is 4.95. The molecule has 0 aromatic heterocycles. The van der Waals surface area contributed by atoms with E-state index in [2.05, 4.69) is 0 Å². The SMILES string of the molecule is CCC(=O)OCCCCCCOC. The summed E-state index contributed by atoms with van der Waals surface area (Å²) in [6.45, 7) is 3.20. The Labute approximate surface area is 80.4 Å². The van der Waals surface area contributed by atoms with Crippen LogP contribution in [0.3, 0.4) is 0 Å². The molecule has 0 radical (unpaired) electrons. The maximum atomic E-state index is 10.7. The molecular weight excluding hydrogens is 168 g/mol. The van der Waals surface area contributed by atoms with Gasteiger partial charge in [0.2, 0.25) is 0 Å². The molecule has 0 fully saturated rings. The van der Waals surface area contributed by atoms with Crippen molar-refractivity contribution >= 4 is 5.97 Å². The molecule has 0 aliphatic carbocycles. The van der Waals surface area contributed by atoms with Crippen LogP contribution in [0.15, 0.2) is 0 Å². The summed E-state index contributed by atoms with van der Waals surface area (Å²) >= 11 is 0. The van der Waals surface area contributed by atoms with Crippen LogP contribution in [0.1, 0.15) is 39.0 Å². The maximum Gasteiger partial charge on any atom is 0.305 e. The standard InChI is InChI=1S/C10H20O3/c1-3-10(11)13-9-7-5-4-6-8-12-2/h3-9H2,1-2H3. The van der Waals surface area contributed by atoms with Gasteiger partial charge in [-0.2, -0.15) is 0 Å². The van der Waals surface area contributed by atoms with Gasteiger partial charge in [-0.05, 0) is 19.3 Å². The molecule has 0 atom stereocenters. The third kappa shape index (κ3) is 9.34. The Morgan fingerprint density at radius 2 is 1.69 bits per heavy atom. The summed E-state index contributed by atoms with van der Waals surface area (Å²) in [5, 5.41) is 0. The van der Waals surface area contributed by atoms with Crippen LogP contribution in [0.25, 0.3) is 0 Å². The highest BCUT2D eigenvalue weighted by atomic mass is 16.5. The van der Waals surface area contributed by atoms with Crippen LogP contribution in [-0.2, 0) is 14.3 Å². The van der Waals surface area contributed by atoms with Crippen molar-refractivity contribution in [2.75, 3.05) is 20.3 Å². The Hall–Kier alpha value is -0.570. The van der Waals surface area contributed by atoms with E-state index >= 15 is 0 Å². The smallest absolute Gasteiger partial charge is 0.305 e. The fraction of sp³-hybridized carbons (Fsp3) is 0.900. The van der Waals surface area contributed by atoms with Crippen molar-refractivity contribution in [3.8, 4) is 0 Å². The van der Waals surface area contributed by atoms with Crippen LogP contribution in [0.4, 0.5) is 0 Å². The molecule has 0 rings (SSSR count). The lowest BCUT2D eigenvalue weighted by atomic mass is 10.2. The molecule has 3 nitrogen and oxygen atoms in total. The zero-order chi connectivity index (χ0) is 9.94. The van der Waals surface area contributed by atoms with Crippen LogP contribution in [0.5, 0.6) is 0 Å². The molecule has 0 bridgehead atoms. The molecule has 13 heavy (non-hydrogen) atoms. The molecule has 0 aromatic rings. The van der Waals surface area contributed by atoms with Crippen molar-refractivity contribution < 1.29 is 14.3 Å². The minimum absolute atomic E-state index is 0.100. The summed E-state index contributed by atoms with van der Waals surface area (Å²) in [6, 6.07) is 0. The Morgan fingerprint density at radius 3 is 2.23 bits per heavy atom. The van der Waals surface area contributed by atoms with Crippen LogP contribution >= 0.6 is 0 Å². The molecule has 0 unspecified atom stereocenters. The van der Waals surface area contributed by atoms with E-state index in [1.807, 2.05) is 0 Å². The number of hydrogen-bond donors (Lipinski definition) is 0. The Balaban J connectivity index is 2.95. The van der Waals surface area contributed by atoms with Gasteiger partial charge < -0.3 is 9.47 Å². The monoisotopic (exact) mass is 188 g/mol. The van der Waals surface area contributed by atoms with Gasteiger partial charge in [0.05, 0.1) is 6.61 Å². The minimum atomic E-state index is -0.100. The van der Waals surface area contributed by atoms with E-state index in [-0.39, 0.29) is 5.97 Å². The number of ether oxygens (including phenoxy) is 2. The molecule has 3 heteroatoms. The van der Waals surface area contributed by atoms with Gasteiger partial charge >= 0.3 is 5.97 Å². The van der Waals surface area contributed by atoms with Gasteiger partial charge in [0.15, 0.2) is 0 Å². The van der Waals surface area contributed by atoms with Gasteiger partial charge in [0.25, 0.3) is 0 Å². The molecule has 0 amide bonds. The molecule has 0 saturated heterocycles. The summed E-state index contributed by atoms with van der Waals surface area (Å²) < 4.78 is 9.85. The van der Waals surface area contributed by atoms with Crippen LogP contribution in [0.2, 0.25) is 0 Å². The van der Waals surface area contributed by atoms with Crippen LogP contribution < -0.4 is 0 Å². The zero-order valence-electron chi connectivity index (χ0n) is 8.67. The molecule has 0 N–H and O–H groups in total. The summed E-state index contributed by atoms with van der Waals surface area (Å²) in [5.74, 6) is -0.100. The van der Waals surface area contributed by atoms with Gasteiger partial charge in [0, 0.05) is 20.1 Å². The van der Waals surface area contributed by atoms with E-state index in [0.29, 0.717) is 13.0 Å². The van der Waals surface area contributed by atoms with Gasteiger partial charge in [0.1, 0.15) is 0 Å². The summed E-state index contributed by atoms with van der Waals surface area (Å²) in [6.07, 6.45) is 4.80. The summed E-state index contributed by atoms with van der Waals surface area (Å²) in [5.41, 5.74) is 0. The zero-order valence-corrected chi connectivity index (χ0v) is 8.67. The van der Waals surface area contributed by atoms with Crippen molar-refractivity contribution in [1.29, 1.82) is 0 Å². The molecule has 0 aliphatic heterocycles. The Morgan fingerprint density at radius 1 is 1.08 bits per heavy atom. The van der Waals surface area contributed by atoms with Crippen molar-refractivity contribution in [2.45, 2.75) is 39.0 Å². The van der Waals surface area contributed by atoms with Gasteiger partial charge in [-0.25, -0.2) is 0 Å². The number of hydrogen-bond acceptors (Lipinski definition) is 3. The maximum absolute atomic E-state index is 10.7. The van der Waals surface area contributed by atoms with Crippen LogP contribution in [-0.4, -0.2) is 26.3 Å². The van der Waals surface area contributed by atoms with Crippen molar-refractivity contribution in [1.82, 2.24) is 0 Å². The van der Waals surface area contributed by atoms with E-state index < -0.39 is 0 Å². The molecule has 0 saturated carbocycles. The predicted molar refractivity (Wildman–Crippen MR) is 51.6 cm³/mol. The van der Waals surface area contributed by atoms with Crippen molar-refractivity contribution in [2.24, 2.45) is 0 Å². The average molecular weight is 188 g/mol. The predicted octanol–water partition coefficient (Wildman–Crippen LogP) is 2.15. The van der Waals surface area contributed by atoms with Crippen LogP contribution in [0, 0.1) is 0 Å². The highest BCUT2D eigenvalue weighted by Gasteiger charge is 1.96. The second kappa shape index (κ2) is 9.52. The van der Waals surface area contributed by atoms with Gasteiger partial charge in [-0.15, -0.1) is 0 Å². The molecule has 0 aliphatic rings. The summed E-state index contributed by atoms with van der Waals surface area (Å²) in [4.78, 5) is 10.7. The summed E-state index contributed by atoms with van der Waals surface area (Å²) in [7, 11) is 1.71. The fourth-order valence-corrected chi connectivity index (χ4v) is 0.990.